The van der Waals surface area contributed by atoms with Gasteiger partial charge in [-0.3, -0.25) is 0 Å². The van der Waals surface area contributed by atoms with Crippen LogP contribution in [-0.4, -0.2) is 30.7 Å². The monoisotopic (exact) mass is 172 g/mol. The largest absolute Gasteiger partial charge is 0.392 e. The highest BCUT2D eigenvalue weighted by atomic mass is 16.7. The molecule has 1 N–H and O–H groups in total. The SMILES string of the molecule is CC1(C)OCC(/C=C/CO)CO1. The molecule has 1 aliphatic rings. The highest BCUT2D eigenvalue weighted by Crippen LogP contribution is 2.20. The molecule has 1 saturated heterocycles. The Morgan fingerprint density at radius 1 is 1.42 bits per heavy atom. The average Bonchev–Trinajstić information content (AvgIpc) is 2.03. The summed E-state index contributed by atoms with van der Waals surface area (Å²) in [4.78, 5) is 0. The van der Waals surface area contributed by atoms with Crippen molar-refractivity contribution in [2.24, 2.45) is 5.92 Å². The van der Waals surface area contributed by atoms with Crippen molar-refractivity contribution in [1.82, 2.24) is 0 Å². The summed E-state index contributed by atoms with van der Waals surface area (Å²) in [5, 5.41) is 8.53. The smallest absolute Gasteiger partial charge is 0.162 e. The van der Waals surface area contributed by atoms with Crippen LogP contribution in [0.2, 0.25) is 0 Å². The van der Waals surface area contributed by atoms with Crippen LogP contribution in [0.3, 0.4) is 0 Å². The second-order valence-corrected chi connectivity index (χ2v) is 3.39. The maximum absolute atomic E-state index is 8.53. The van der Waals surface area contributed by atoms with Gasteiger partial charge in [0, 0.05) is 5.92 Å². The third kappa shape index (κ3) is 2.93. The predicted molar refractivity (Wildman–Crippen MR) is 45.7 cm³/mol. The minimum absolute atomic E-state index is 0.0832. The summed E-state index contributed by atoms with van der Waals surface area (Å²) in [6.07, 6.45) is 3.64. The first kappa shape index (κ1) is 9.71. The zero-order chi connectivity index (χ0) is 9.03. The molecule has 0 bridgehead atoms. The molecule has 3 nitrogen and oxygen atoms in total. The van der Waals surface area contributed by atoms with E-state index < -0.39 is 5.79 Å². The van der Waals surface area contributed by atoms with Gasteiger partial charge in [0.1, 0.15) is 0 Å². The van der Waals surface area contributed by atoms with E-state index in [-0.39, 0.29) is 12.5 Å². The number of hydrogen-bond donors (Lipinski definition) is 1. The molecule has 1 heterocycles. The summed E-state index contributed by atoms with van der Waals surface area (Å²) in [5.41, 5.74) is 0. The number of aliphatic hydroxyl groups excluding tert-OH is 1. The summed E-state index contributed by atoms with van der Waals surface area (Å²) in [7, 11) is 0. The first-order valence-electron chi connectivity index (χ1n) is 4.19. The van der Waals surface area contributed by atoms with E-state index in [1.165, 1.54) is 0 Å². The van der Waals surface area contributed by atoms with Crippen molar-refractivity contribution in [3.8, 4) is 0 Å². The van der Waals surface area contributed by atoms with E-state index in [2.05, 4.69) is 0 Å². The molecule has 3 heteroatoms. The van der Waals surface area contributed by atoms with Crippen molar-refractivity contribution in [3.63, 3.8) is 0 Å². The maximum atomic E-state index is 8.53. The first-order chi connectivity index (χ1) is 5.64. The van der Waals surface area contributed by atoms with Gasteiger partial charge in [0.05, 0.1) is 19.8 Å². The Hall–Kier alpha value is -0.380. The average molecular weight is 172 g/mol. The van der Waals surface area contributed by atoms with Gasteiger partial charge in [0.15, 0.2) is 5.79 Å². The van der Waals surface area contributed by atoms with Crippen LogP contribution in [0.4, 0.5) is 0 Å². The normalized spacial score (nSPS) is 24.9. The van der Waals surface area contributed by atoms with Crippen LogP contribution in [0.5, 0.6) is 0 Å². The summed E-state index contributed by atoms with van der Waals surface area (Å²) in [6, 6.07) is 0. The Morgan fingerprint density at radius 2 is 2.00 bits per heavy atom. The van der Waals surface area contributed by atoms with Crippen LogP contribution in [-0.2, 0) is 9.47 Å². The van der Waals surface area contributed by atoms with Crippen LogP contribution in [0.1, 0.15) is 13.8 Å². The molecule has 0 atom stereocenters. The van der Waals surface area contributed by atoms with Crippen LogP contribution in [0, 0.1) is 5.92 Å². The highest BCUT2D eigenvalue weighted by molar-refractivity contribution is 4.89. The Kier molecular flexibility index (Phi) is 3.26. The lowest BCUT2D eigenvalue weighted by atomic mass is 10.1. The molecule has 0 aromatic carbocycles. The van der Waals surface area contributed by atoms with Crippen molar-refractivity contribution < 1.29 is 14.6 Å². The molecule has 12 heavy (non-hydrogen) atoms. The van der Waals surface area contributed by atoms with E-state index in [4.69, 9.17) is 14.6 Å². The van der Waals surface area contributed by atoms with Gasteiger partial charge < -0.3 is 14.6 Å². The van der Waals surface area contributed by atoms with Gasteiger partial charge in [-0.1, -0.05) is 12.2 Å². The van der Waals surface area contributed by atoms with Crippen molar-refractivity contribution >= 4 is 0 Å². The van der Waals surface area contributed by atoms with Crippen LogP contribution >= 0.6 is 0 Å². The van der Waals surface area contributed by atoms with E-state index in [1.807, 2.05) is 19.9 Å². The van der Waals surface area contributed by atoms with Gasteiger partial charge >= 0.3 is 0 Å². The van der Waals surface area contributed by atoms with E-state index >= 15 is 0 Å². The molecule has 70 valence electrons. The molecule has 0 aromatic heterocycles. The van der Waals surface area contributed by atoms with Crippen LogP contribution in [0.25, 0.3) is 0 Å². The van der Waals surface area contributed by atoms with Gasteiger partial charge in [-0.05, 0) is 13.8 Å². The lowest BCUT2D eigenvalue weighted by Gasteiger charge is -2.33. The zero-order valence-electron chi connectivity index (χ0n) is 7.62. The van der Waals surface area contributed by atoms with Crippen LogP contribution in [0.15, 0.2) is 12.2 Å². The fourth-order valence-corrected chi connectivity index (χ4v) is 1.07. The number of aliphatic hydroxyl groups is 1. The Morgan fingerprint density at radius 3 is 2.50 bits per heavy atom. The topological polar surface area (TPSA) is 38.7 Å². The van der Waals surface area contributed by atoms with Crippen molar-refractivity contribution in [1.29, 1.82) is 0 Å². The van der Waals surface area contributed by atoms with Crippen molar-refractivity contribution in [3.05, 3.63) is 12.2 Å². The quantitative estimate of drug-likeness (QED) is 0.630. The number of ether oxygens (including phenoxy) is 2. The minimum atomic E-state index is -0.441. The maximum Gasteiger partial charge on any atom is 0.162 e. The molecule has 1 aliphatic heterocycles. The van der Waals surface area contributed by atoms with Gasteiger partial charge in [0.2, 0.25) is 0 Å². The summed E-state index contributed by atoms with van der Waals surface area (Å²) in [6.45, 7) is 5.23. The van der Waals surface area contributed by atoms with Gasteiger partial charge in [-0.15, -0.1) is 0 Å². The van der Waals surface area contributed by atoms with Gasteiger partial charge in [-0.25, -0.2) is 0 Å². The van der Waals surface area contributed by atoms with Crippen molar-refractivity contribution in [2.75, 3.05) is 19.8 Å². The second-order valence-electron chi connectivity index (χ2n) is 3.39. The minimum Gasteiger partial charge on any atom is -0.392 e. The Labute approximate surface area is 73.0 Å². The van der Waals surface area contributed by atoms with E-state index in [0.717, 1.165) is 0 Å². The molecule has 0 saturated carbocycles. The molecule has 1 rings (SSSR count). The number of rotatable bonds is 2. The van der Waals surface area contributed by atoms with Crippen molar-refractivity contribution in [2.45, 2.75) is 19.6 Å². The highest BCUT2D eigenvalue weighted by Gasteiger charge is 2.26. The summed E-state index contributed by atoms with van der Waals surface area (Å²) in [5.74, 6) is -0.158. The Balaban J connectivity index is 2.31. The molecule has 0 spiro atoms. The second kappa shape index (κ2) is 4.03. The Bertz CT molecular complexity index is 153. The standard InChI is InChI=1S/C9H16O3/c1-9(2)11-6-8(7-12-9)4-3-5-10/h3-4,8,10H,5-7H2,1-2H3/b4-3+. The summed E-state index contributed by atoms with van der Waals surface area (Å²) >= 11 is 0. The molecule has 0 unspecified atom stereocenters. The van der Waals surface area contributed by atoms with E-state index in [1.54, 1.807) is 6.08 Å². The lowest BCUT2D eigenvalue weighted by Crippen LogP contribution is -2.38. The van der Waals surface area contributed by atoms with E-state index in [0.29, 0.717) is 13.2 Å². The molecular formula is C9H16O3. The van der Waals surface area contributed by atoms with Crippen LogP contribution < -0.4 is 0 Å². The summed E-state index contributed by atoms with van der Waals surface area (Å²) < 4.78 is 10.8. The molecule has 0 amide bonds. The van der Waals surface area contributed by atoms with Gasteiger partial charge in [-0.2, -0.15) is 0 Å². The molecule has 1 fully saturated rings. The fraction of sp³-hybridized carbons (Fsp3) is 0.778. The third-order valence-corrected chi connectivity index (χ3v) is 1.80. The third-order valence-electron chi connectivity index (χ3n) is 1.80. The molecule has 0 radical (unpaired) electrons. The van der Waals surface area contributed by atoms with Gasteiger partial charge in [0.25, 0.3) is 0 Å². The molecular weight excluding hydrogens is 156 g/mol. The fourth-order valence-electron chi connectivity index (χ4n) is 1.07. The number of hydrogen-bond acceptors (Lipinski definition) is 3. The first-order valence-corrected chi connectivity index (χ1v) is 4.19. The van der Waals surface area contributed by atoms with E-state index in [9.17, 15) is 0 Å². The lowest BCUT2D eigenvalue weighted by molar-refractivity contribution is -0.256. The molecule has 0 aromatic rings. The predicted octanol–water partition coefficient (Wildman–Crippen LogP) is 0.934. The molecule has 0 aliphatic carbocycles. The zero-order valence-corrected chi connectivity index (χ0v) is 7.62.